The predicted molar refractivity (Wildman–Crippen MR) is 67.8 cm³/mol. The lowest BCUT2D eigenvalue weighted by Crippen LogP contribution is -2.53. The largest absolute Gasteiger partial charge is 0.388 e. The van der Waals surface area contributed by atoms with Gasteiger partial charge >= 0.3 is 6.03 Å². The second kappa shape index (κ2) is 5.56. The molecular weight excluding hydrogens is 234 g/mol. The standard InChI is InChI=1S/C12H23N3O3/c1-4-8(2)9(14-11(13)17)10(16)15-6-5-12(3,18)7-15/h8-9,18H,4-7H2,1-3H3,(H3,13,14,17). The van der Waals surface area contributed by atoms with Crippen LogP contribution < -0.4 is 11.1 Å². The lowest BCUT2D eigenvalue weighted by Gasteiger charge is -2.28. The first kappa shape index (κ1) is 14.8. The van der Waals surface area contributed by atoms with Crippen LogP contribution in [0.1, 0.15) is 33.6 Å². The van der Waals surface area contributed by atoms with Crippen LogP contribution in [0, 0.1) is 5.92 Å². The van der Waals surface area contributed by atoms with E-state index in [9.17, 15) is 14.7 Å². The molecule has 3 amide bonds. The smallest absolute Gasteiger partial charge is 0.312 e. The van der Waals surface area contributed by atoms with E-state index in [0.29, 0.717) is 19.5 Å². The summed E-state index contributed by atoms with van der Waals surface area (Å²) >= 11 is 0. The monoisotopic (exact) mass is 257 g/mol. The number of nitrogens with two attached hydrogens (primary N) is 1. The molecule has 0 aromatic heterocycles. The molecule has 6 heteroatoms. The van der Waals surface area contributed by atoms with E-state index in [0.717, 1.165) is 6.42 Å². The zero-order chi connectivity index (χ0) is 13.9. The minimum absolute atomic E-state index is 0.00977. The number of β-amino-alcohol motifs (C(OH)–C–C–N with tert-alkyl or cyclic N) is 1. The van der Waals surface area contributed by atoms with Gasteiger partial charge in [0.05, 0.1) is 5.60 Å². The zero-order valence-corrected chi connectivity index (χ0v) is 11.3. The number of carbonyl (C=O) groups excluding carboxylic acids is 2. The fourth-order valence-electron chi connectivity index (χ4n) is 2.17. The lowest BCUT2D eigenvalue weighted by atomic mass is 9.98. The van der Waals surface area contributed by atoms with Crippen LogP contribution in [0.3, 0.4) is 0 Å². The molecule has 0 aromatic carbocycles. The van der Waals surface area contributed by atoms with Gasteiger partial charge in [-0.1, -0.05) is 20.3 Å². The first-order valence-corrected chi connectivity index (χ1v) is 6.34. The van der Waals surface area contributed by atoms with E-state index in [1.54, 1.807) is 11.8 Å². The Labute approximate surface area is 108 Å². The average molecular weight is 257 g/mol. The normalized spacial score (nSPS) is 26.8. The lowest BCUT2D eigenvalue weighted by molar-refractivity contribution is -0.134. The van der Waals surface area contributed by atoms with E-state index in [-0.39, 0.29) is 11.8 Å². The van der Waals surface area contributed by atoms with Crippen molar-refractivity contribution < 1.29 is 14.7 Å². The summed E-state index contributed by atoms with van der Waals surface area (Å²) in [5.41, 5.74) is 4.27. The van der Waals surface area contributed by atoms with E-state index in [1.165, 1.54) is 0 Å². The number of hydrogen-bond acceptors (Lipinski definition) is 3. The number of aliphatic hydroxyl groups is 1. The molecule has 6 nitrogen and oxygen atoms in total. The van der Waals surface area contributed by atoms with Gasteiger partial charge in [0.2, 0.25) is 5.91 Å². The minimum atomic E-state index is -0.831. The van der Waals surface area contributed by atoms with Crippen molar-refractivity contribution in [3.05, 3.63) is 0 Å². The maximum absolute atomic E-state index is 12.3. The molecule has 0 saturated carbocycles. The molecule has 104 valence electrons. The van der Waals surface area contributed by atoms with Crippen molar-refractivity contribution in [2.24, 2.45) is 11.7 Å². The Balaban J connectivity index is 2.73. The summed E-state index contributed by atoms with van der Waals surface area (Å²) in [4.78, 5) is 24.9. The first-order valence-electron chi connectivity index (χ1n) is 6.34. The molecule has 3 atom stereocenters. The number of nitrogens with one attached hydrogen (secondary N) is 1. The highest BCUT2D eigenvalue weighted by molar-refractivity contribution is 5.87. The fraction of sp³-hybridized carbons (Fsp3) is 0.833. The van der Waals surface area contributed by atoms with Gasteiger partial charge in [0.1, 0.15) is 6.04 Å². The molecule has 0 aromatic rings. The Morgan fingerprint density at radius 2 is 2.17 bits per heavy atom. The van der Waals surface area contributed by atoms with Gasteiger partial charge in [-0.2, -0.15) is 0 Å². The Morgan fingerprint density at radius 1 is 1.56 bits per heavy atom. The van der Waals surface area contributed by atoms with Gasteiger partial charge in [-0.25, -0.2) is 4.79 Å². The van der Waals surface area contributed by atoms with E-state index in [2.05, 4.69) is 5.32 Å². The second-order valence-corrected chi connectivity index (χ2v) is 5.38. The first-order chi connectivity index (χ1) is 8.26. The average Bonchev–Trinajstić information content (AvgIpc) is 2.64. The number of likely N-dealkylation sites (tertiary alicyclic amines) is 1. The highest BCUT2D eigenvalue weighted by Crippen LogP contribution is 2.22. The Kier molecular flexibility index (Phi) is 4.56. The molecule has 0 radical (unpaired) electrons. The van der Waals surface area contributed by atoms with Crippen molar-refractivity contribution in [1.29, 1.82) is 0 Å². The number of primary amides is 1. The van der Waals surface area contributed by atoms with Crippen molar-refractivity contribution in [2.45, 2.75) is 45.3 Å². The van der Waals surface area contributed by atoms with Crippen molar-refractivity contribution in [1.82, 2.24) is 10.2 Å². The highest BCUT2D eigenvalue weighted by Gasteiger charge is 2.38. The molecule has 1 aliphatic heterocycles. The molecule has 4 N–H and O–H groups in total. The number of hydrogen-bond donors (Lipinski definition) is 3. The van der Waals surface area contributed by atoms with E-state index in [1.807, 2.05) is 13.8 Å². The number of nitrogens with zero attached hydrogens (tertiary/aromatic N) is 1. The highest BCUT2D eigenvalue weighted by atomic mass is 16.3. The summed E-state index contributed by atoms with van der Waals surface area (Å²) in [7, 11) is 0. The topological polar surface area (TPSA) is 95.7 Å². The number of urea groups is 1. The van der Waals surface area contributed by atoms with Gasteiger partial charge in [-0.05, 0) is 19.3 Å². The van der Waals surface area contributed by atoms with Crippen LogP contribution in [0.2, 0.25) is 0 Å². The maximum atomic E-state index is 12.3. The molecule has 3 unspecified atom stereocenters. The molecule has 1 fully saturated rings. The third-order valence-electron chi connectivity index (χ3n) is 3.54. The van der Waals surface area contributed by atoms with Gasteiger partial charge in [0, 0.05) is 13.1 Å². The molecule has 1 heterocycles. The quantitative estimate of drug-likeness (QED) is 0.664. The minimum Gasteiger partial charge on any atom is -0.388 e. The van der Waals surface area contributed by atoms with E-state index >= 15 is 0 Å². The molecule has 1 aliphatic rings. The summed E-state index contributed by atoms with van der Waals surface area (Å²) in [5.74, 6) is -0.156. The summed E-state index contributed by atoms with van der Waals surface area (Å²) in [6.07, 6.45) is 1.32. The SMILES string of the molecule is CCC(C)C(NC(N)=O)C(=O)N1CCC(C)(O)C1. The molecule has 0 aliphatic carbocycles. The summed E-state index contributed by atoms with van der Waals surface area (Å²) in [6, 6.07) is -1.30. The molecule has 0 bridgehead atoms. The van der Waals surface area contributed by atoms with Crippen LogP contribution in [0.4, 0.5) is 4.79 Å². The van der Waals surface area contributed by atoms with Crippen LogP contribution >= 0.6 is 0 Å². The fourth-order valence-corrected chi connectivity index (χ4v) is 2.17. The van der Waals surface area contributed by atoms with Crippen molar-refractivity contribution >= 4 is 11.9 Å². The molecular formula is C12H23N3O3. The van der Waals surface area contributed by atoms with Crippen LogP contribution in [0.5, 0.6) is 0 Å². The van der Waals surface area contributed by atoms with Crippen molar-refractivity contribution in [3.8, 4) is 0 Å². The molecule has 18 heavy (non-hydrogen) atoms. The number of rotatable bonds is 4. The summed E-state index contributed by atoms with van der Waals surface area (Å²) in [6.45, 7) is 6.37. The third-order valence-corrected chi connectivity index (χ3v) is 3.54. The Bertz CT molecular complexity index is 331. The summed E-state index contributed by atoms with van der Waals surface area (Å²) in [5, 5.41) is 12.4. The zero-order valence-electron chi connectivity index (χ0n) is 11.3. The predicted octanol–water partition coefficient (Wildman–Crippen LogP) is 0.0527. The van der Waals surface area contributed by atoms with Gasteiger partial charge in [-0.3, -0.25) is 4.79 Å². The van der Waals surface area contributed by atoms with Gasteiger partial charge in [-0.15, -0.1) is 0 Å². The van der Waals surface area contributed by atoms with Gasteiger partial charge in [0.25, 0.3) is 0 Å². The summed E-state index contributed by atoms with van der Waals surface area (Å²) < 4.78 is 0. The Hall–Kier alpha value is -1.30. The van der Waals surface area contributed by atoms with Crippen LogP contribution in [-0.4, -0.2) is 46.7 Å². The number of amides is 3. The van der Waals surface area contributed by atoms with Gasteiger partial charge in [0.15, 0.2) is 0 Å². The molecule has 1 rings (SSSR count). The molecule has 0 spiro atoms. The Morgan fingerprint density at radius 3 is 2.56 bits per heavy atom. The van der Waals surface area contributed by atoms with E-state index in [4.69, 9.17) is 5.73 Å². The third kappa shape index (κ3) is 3.60. The second-order valence-electron chi connectivity index (χ2n) is 5.38. The molecule has 1 saturated heterocycles. The van der Waals surface area contributed by atoms with Crippen molar-refractivity contribution in [2.75, 3.05) is 13.1 Å². The maximum Gasteiger partial charge on any atom is 0.312 e. The van der Waals surface area contributed by atoms with Gasteiger partial charge < -0.3 is 21.1 Å². The van der Waals surface area contributed by atoms with Crippen LogP contribution in [0.25, 0.3) is 0 Å². The van der Waals surface area contributed by atoms with Crippen molar-refractivity contribution in [3.63, 3.8) is 0 Å². The van der Waals surface area contributed by atoms with Crippen LogP contribution in [-0.2, 0) is 4.79 Å². The van der Waals surface area contributed by atoms with E-state index < -0.39 is 17.7 Å². The number of carbonyl (C=O) groups is 2. The van der Waals surface area contributed by atoms with Crippen LogP contribution in [0.15, 0.2) is 0 Å².